The minimum Gasteiger partial charge on any atom is -0.345 e. The molecule has 0 heterocycles. The summed E-state index contributed by atoms with van der Waals surface area (Å²) >= 11 is 0. The topological polar surface area (TPSA) is 61.4 Å². The van der Waals surface area contributed by atoms with Gasteiger partial charge in [0.25, 0.3) is 5.91 Å². The second-order valence-corrected chi connectivity index (χ2v) is 5.76. The Morgan fingerprint density at radius 3 is 2.60 bits per heavy atom. The van der Waals surface area contributed by atoms with Gasteiger partial charge in [-0.25, -0.2) is 4.79 Å². The molecule has 2 N–H and O–H groups in total. The van der Waals surface area contributed by atoms with Crippen LogP contribution < -0.4 is 10.6 Å². The number of benzene rings is 2. The molecule has 2 rings (SSSR count). The number of urea groups is 1. The molecular weight excluding hydrogens is 314 g/mol. The number of nitrogens with one attached hydrogen (secondary N) is 2. The van der Waals surface area contributed by atoms with Crippen molar-refractivity contribution in [1.29, 1.82) is 0 Å². The van der Waals surface area contributed by atoms with Crippen LogP contribution in [0.25, 0.3) is 0 Å². The van der Waals surface area contributed by atoms with E-state index in [1.165, 1.54) is 4.90 Å². The molecule has 2 aromatic carbocycles. The molecule has 128 valence electrons. The molecule has 0 saturated carbocycles. The van der Waals surface area contributed by atoms with Crippen molar-refractivity contribution < 1.29 is 9.59 Å². The van der Waals surface area contributed by atoms with Gasteiger partial charge in [0.15, 0.2) is 0 Å². The summed E-state index contributed by atoms with van der Waals surface area (Å²) in [5, 5.41) is 5.53. The molecule has 0 saturated heterocycles. The fourth-order valence-corrected chi connectivity index (χ4v) is 2.30. The van der Waals surface area contributed by atoms with E-state index < -0.39 is 0 Å². The average Bonchev–Trinajstić information content (AvgIpc) is 2.61. The average molecular weight is 335 g/mol. The monoisotopic (exact) mass is 335 g/mol. The van der Waals surface area contributed by atoms with Crippen molar-refractivity contribution in [2.45, 2.75) is 6.42 Å². The zero-order chi connectivity index (χ0) is 18.2. The second-order valence-electron chi connectivity index (χ2n) is 5.76. The van der Waals surface area contributed by atoms with Gasteiger partial charge in [-0.2, -0.15) is 0 Å². The number of hydrogen-bond acceptors (Lipinski definition) is 2. The number of rotatable bonds is 5. The molecule has 0 aliphatic carbocycles. The fraction of sp³-hybridized carbons (Fsp3) is 0.200. The molecule has 0 aliphatic heterocycles. The summed E-state index contributed by atoms with van der Waals surface area (Å²) in [7, 11) is 3.44. The molecule has 5 nitrogen and oxygen atoms in total. The molecule has 2 aromatic rings. The molecule has 0 aliphatic rings. The number of nitrogens with zero attached hydrogens (tertiary/aromatic N) is 1. The summed E-state index contributed by atoms with van der Waals surface area (Å²) in [4.78, 5) is 25.4. The SMILES string of the molecule is C#Cc1cccc(NC(=O)NCCc2cccc(C(=O)N(C)C)c2)c1. The maximum Gasteiger partial charge on any atom is 0.319 e. The molecule has 5 heteroatoms. The van der Waals surface area contributed by atoms with Gasteiger partial charge >= 0.3 is 6.03 Å². The Morgan fingerprint density at radius 1 is 1.12 bits per heavy atom. The second kappa shape index (κ2) is 8.55. The van der Waals surface area contributed by atoms with Crippen molar-refractivity contribution in [3.8, 4) is 12.3 Å². The third kappa shape index (κ3) is 5.40. The lowest BCUT2D eigenvalue weighted by molar-refractivity contribution is 0.0827. The van der Waals surface area contributed by atoms with Crippen LogP contribution >= 0.6 is 0 Å². The van der Waals surface area contributed by atoms with Gasteiger partial charge in [0.2, 0.25) is 0 Å². The minimum atomic E-state index is -0.297. The summed E-state index contributed by atoms with van der Waals surface area (Å²) in [6.07, 6.45) is 5.97. The van der Waals surface area contributed by atoms with Crippen molar-refractivity contribution >= 4 is 17.6 Å². The van der Waals surface area contributed by atoms with Gasteiger partial charge in [-0.15, -0.1) is 6.42 Å². The maximum atomic E-state index is 12.0. The van der Waals surface area contributed by atoms with E-state index in [9.17, 15) is 9.59 Å². The van der Waals surface area contributed by atoms with E-state index in [2.05, 4.69) is 16.6 Å². The van der Waals surface area contributed by atoms with E-state index in [1.807, 2.05) is 18.2 Å². The van der Waals surface area contributed by atoms with E-state index in [0.717, 1.165) is 5.56 Å². The number of amides is 3. The summed E-state index contributed by atoms with van der Waals surface area (Å²) in [6.45, 7) is 0.459. The Kier molecular flexibility index (Phi) is 6.19. The Labute approximate surface area is 148 Å². The van der Waals surface area contributed by atoms with Crippen molar-refractivity contribution in [3.05, 3.63) is 65.2 Å². The number of hydrogen-bond donors (Lipinski definition) is 2. The molecule has 0 atom stereocenters. The van der Waals surface area contributed by atoms with Crippen LogP contribution in [0.5, 0.6) is 0 Å². The molecular formula is C20H21N3O2. The van der Waals surface area contributed by atoms with Crippen LogP contribution in [0.1, 0.15) is 21.5 Å². The predicted octanol–water partition coefficient (Wildman–Crippen LogP) is 2.73. The lowest BCUT2D eigenvalue weighted by Crippen LogP contribution is -2.30. The fourth-order valence-electron chi connectivity index (χ4n) is 2.30. The van der Waals surface area contributed by atoms with E-state index >= 15 is 0 Å². The number of anilines is 1. The highest BCUT2D eigenvalue weighted by Crippen LogP contribution is 2.10. The normalized spacial score (nSPS) is 9.80. The molecule has 3 amide bonds. The van der Waals surface area contributed by atoms with Gasteiger partial charge in [0.1, 0.15) is 0 Å². The largest absolute Gasteiger partial charge is 0.345 e. The number of terminal acetylenes is 1. The van der Waals surface area contributed by atoms with Gasteiger partial charge in [0, 0.05) is 37.5 Å². The van der Waals surface area contributed by atoms with Gasteiger partial charge in [-0.05, 0) is 42.3 Å². The highest BCUT2D eigenvalue weighted by Gasteiger charge is 2.08. The Morgan fingerprint density at radius 2 is 1.88 bits per heavy atom. The van der Waals surface area contributed by atoms with Crippen molar-refractivity contribution in [1.82, 2.24) is 10.2 Å². The molecule has 25 heavy (non-hydrogen) atoms. The van der Waals surface area contributed by atoms with Gasteiger partial charge in [-0.3, -0.25) is 4.79 Å². The van der Waals surface area contributed by atoms with Crippen molar-refractivity contribution in [2.24, 2.45) is 0 Å². The highest BCUT2D eigenvalue weighted by molar-refractivity contribution is 5.94. The molecule has 0 unspecified atom stereocenters. The summed E-state index contributed by atoms with van der Waals surface area (Å²) < 4.78 is 0. The van der Waals surface area contributed by atoms with Gasteiger partial charge in [0.05, 0.1) is 0 Å². The lowest BCUT2D eigenvalue weighted by Gasteiger charge is -2.11. The van der Waals surface area contributed by atoms with E-state index in [-0.39, 0.29) is 11.9 Å². The van der Waals surface area contributed by atoms with Crippen LogP contribution in [0.15, 0.2) is 48.5 Å². The number of carbonyl (C=O) groups is 2. The van der Waals surface area contributed by atoms with E-state index in [0.29, 0.717) is 29.8 Å². The van der Waals surface area contributed by atoms with Crippen molar-refractivity contribution in [3.63, 3.8) is 0 Å². The molecule has 0 bridgehead atoms. The predicted molar refractivity (Wildman–Crippen MR) is 99.6 cm³/mol. The summed E-state index contributed by atoms with van der Waals surface area (Å²) in [5.74, 6) is 2.48. The first-order chi connectivity index (χ1) is 12.0. The Balaban J connectivity index is 1.86. The van der Waals surface area contributed by atoms with Crippen LogP contribution in [-0.4, -0.2) is 37.5 Å². The molecule has 0 aromatic heterocycles. The maximum absolute atomic E-state index is 12.0. The van der Waals surface area contributed by atoms with E-state index in [4.69, 9.17) is 6.42 Å². The Hall–Kier alpha value is -3.26. The molecule has 0 spiro atoms. The first-order valence-corrected chi connectivity index (χ1v) is 7.91. The minimum absolute atomic E-state index is 0.0408. The van der Waals surface area contributed by atoms with Crippen molar-refractivity contribution in [2.75, 3.05) is 26.0 Å². The third-order valence-corrected chi connectivity index (χ3v) is 3.57. The lowest BCUT2D eigenvalue weighted by atomic mass is 10.1. The first-order valence-electron chi connectivity index (χ1n) is 7.91. The molecule has 0 fully saturated rings. The van der Waals surface area contributed by atoms with Crippen LogP contribution in [0.3, 0.4) is 0 Å². The van der Waals surface area contributed by atoms with Gasteiger partial charge < -0.3 is 15.5 Å². The Bertz CT molecular complexity index is 807. The van der Waals surface area contributed by atoms with Crippen LogP contribution in [0, 0.1) is 12.3 Å². The zero-order valence-corrected chi connectivity index (χ0v) is 14.4. The van der Waals surface area contributed by atoms with Crippen LogP contribution in [0.4, 0.5) is 10.5 Å². The van der Waals surface area contributed by atoms with Crippen LogP contribution in [0.2, 0.25) is 0 Å². The highest BCUT2D eigenvalue weighted by atomic mass is 16.2. The molecule has 0 radical (unpaired) electrons. The number of carbonyl (C=O) groups excluding carboxylic acids is 2. The quantitative estimate of drug-likeness (QED) is 0.826. The van der Waals surface area contributed by atoms with Crippen LogP contribution in [-0.2, 0) is 6.42 Å². The van der Waals surface area contributed by atoms with E-state index in [1.54, 1.807) is 44.4 Å². The van der Waals surface area contributed by atoms with Gasteiger partial charge in [-0.1, -0.05) is 24.1 Å². The zero-order valence-electron chi connectivity index (χ0n) is 14.4. The smallest absolute Gasteiger partial charge is 0.319 e. The first kappa shape index (κ1) is 18.1. The standard InChI is InChI=1S/C20H21N3O2/c1-4-15-7-6-10-18(14-15)22-20(25)21-12-11-16-8-5-9-17(13-16)19(24)23(2)3/h1,5-10,13-14H,11-12H2,2-3H3,(H2,21,22,25). The third-order valence-electron chi connectivity index (χ3n) is 3.57. The summed E-state index contributed by atoms with van der Waals surface area (Å²) in [5.41, 5.74) is 2.98. The summed E-state index contributed by atoms with van der Waals surface area (Å²) in [6, 6.07) is 14.2.